The van der Waals surface area contributed by atoms with Crippen LogP contribution in [0.25, 0.3) is 0 Å². The Labute approximate surface area is 169 Å². The molecule has 0 unspecified atom stereocenters. The molecule has 0 radical (unpaired) electrons. The molecule has 6 heteroatoms. The van der Waals surface area contributed by atoms with Gasteiger partial charge in [0.1, 0.15) is 0 Å². The van der Waals surface area contributed by atoms with Crippen molar-refractivity contribution < 1.29 is 14.3 Å². The highest BCUT2D eigenvalue weighted by molar-refractivity contribution is 5.80. The van der Waals surface area contributed by atoms with Crippen LogP contribution in [0.5, 0.6) is 0 Å². The molecule has 0 saturated carbocycles. The molecule has 0 atom stereocenters. The molecule has 156 valence electrons. The van der Waals surface area contributed by atoms with Crippen molar-refractivity contribution in [3.8, 4) is 0 Å². The van der Waals surface area contributed by atoms with Crippen LogP contribution in [-0.4, -0.2) is 49.2 Å². The standard InChI is InChI=1S/C22H35N3O3/c1-6-27-20(26)19-10-12-25(13-11-19)21(23-5)24-15-17-8-7-9-18(14-17)16-28-22(2,3)4/h7-9,14,19H,6,10-13,15-16H2,1-5H3,(H,23,24). The summed E-state index contributed by atoms with van der Waals surface area (Å²) in [5.74, 6) is 0.812. The van der Waals surface area contributed by atoms with Gasteiger partial charge in [-0.25, -0.2) is 0 Å². The summed E-state index contributed by atoms with van der Waals surface area (Å²) >= 11 is 0. The van der Waals surface area contributed by atoms with Gasteiger partial charge in [-0.1, -0.05) is 24.3 Å². The molecule has 1 aromatic carbocycles. The molecule has 1 heterocycles. The molecule has 1 N–H and O–H groups in total. The number of likely N-dealkylation sites (tertiary alicyclic amines) is 1. The van der Waals surface area contributed by atoms with Crippen LogP contribution in [-0.2, 0) is 27.4 Å². The summed E-state index contributed by atoms with van der Waals surface area (Å²) in [6.45, 7) is 11.4. The topological polar surface area (TPSA) is 63.2 Å². The normalized spacial score (nSPS) is 16.2. The number of hydrogen-bond acceptors (Lipinski definition) is 4. The zero-order valence-corrected chi connectivity index (χ0v) is 18.0. The number of guanidine groups is 1. The van der Waals surface area contributed by atoms with Gasteiger partial charge in [-0.15, -0.1) is 0 Å². The van der Waals surface area contributed by atoms with E-state index in [-0.39, 0.29) is 17.5 Å². The second-order valence-corrected chi connectivity index (χ2v) is 8.14. The predicted molar refractivity (Wildman–Crippen MR) is 112 cm³/mol. The molecule has 0 spiro atoms. The van der Waals surface area contributed by atoms with Gasteiger partial charge in [0, 0.05) is 26.7 Å². The fraction of sp³-hybridized carbons (Fsp3) is 0.636. The first kappa shape index (κ1) is 22.2. The van der Waals surface area contributed by atoms with Crippen LogP contribution >= 0.6 is 0 Å². The van der Waals surface area contributed by atoms with Crippen LogP contribution in [0, 0.1) is 5.92 Å². The van der Waals surface area contributed by atoms with Crippen LogP contribution in [0.3, 0.4) is 0 Å². The number of ether oxygens (including phenoxy) is 2. The summed E-state index contributed by atoms with van der Waals surface area (Å²) in [6.07, 6.45) is 1.61. The summed E-state index contributed by atoms with van der Waals surface area (Å²) < 4.78 is 11.0. The summed E-state index contributed by atoms with van der Waals surface area (Å²) in [5, 5.41) is 3.44. The minimum atomic E-state index is -0.147. The number of carbonyl (C=O) groups excluding carboxylic acids is 1. The average molecular weight is 390 g/mol. The first-order valence-electron chi connectivity index (χ1n) is 10.2. The van der Waals surface area contributed by atoms with E-state index in [0.29, 0.717) is 19.8 Å². The van der Waals surface area contributed by atoms with E-state index < -0.39 is 0 Å². The monoisotopic (exact) mass is 389 g/mol. The molecule has 0 bridgehead atoms. The minimum Gasteiger partial charge on any atom is -0.466 e. The Hall–Kier alpha value is -2.08. The molecule has 6 nitrogen and oxygen atoms in total. The van der Waals surface area contributed by atoms with Crippen molar-refractivity contribution in [2.24, 2.45) is 10.9 Å². The lowest BCUT2D eigenvalue weighted by Gasteiger charge is -2.33. The number of nitrogens with one attached hydrogen (secondary N) is 1. The molecule has 28 heavy (non-hydrogen) atoms. The lowest BCUT2D eigenvalue weighted by atomic mass is 9.97. The highest BCUT2D eigenvalue weighted by Gasteiger charge is 2.27. The van der Waals surface area contributed by atoms with Crippen LogP contribution in [0.1, 0.15) is 51.7 Å². The molecule has 1 aromatic rings. The van der Waals surface area contributed by atoms with Crippen molar-refractivity contribution in [2.75, 3.05) is 26.7 Å². The van der Waals surface area contributed by atoms with E-state index in [1.807, 2.05) is 6.92 Å². The van der Waals surface area contributed by atoms with Crippen LogP contribution < -0.4 is 5.32 Å². The second kappa shape index (κ2) is 10.5. The number of hydrogen-bond donors (Lipinski definition) is 1. The fourth-order valence-electron chi connectivity index (χ4n) is 3.23. The van der Waals surface area contributed by atoms with Crippen molar-refractivity contribution in [1.82, 2.24) is 10.2 Å². The van der Waals surface area contributed by atoms with Crippen molar-refractivity contribution in [3.05, 3.63) is 35.4 Å². The number of piperidine rings is 1. The van der Waals surface area contributed by atoms with Crippen LogP contribution in [0.4, 0.5) is 0 Å². The largest absolute Gasteiger partial charge is 0.466 e. The third-order valence-electron chi connectivity index (χ3n) is 4.74. The number of rotatable bonds is 6. The van der Waals surface area contributed by atoms with Gasteiger partial charge in [0.2, 0.25) is 0 Å². The molecule has 1 aliphatic heterocycles. The van der Waals surface area contributed by atoms with Crippen LogP contribution in [0.15, 0.2) is 29.3 Å². The van der Waals surface area contributed by atoms with E-state index in [1.165, 1.54) is 11.1 Å². The van der Waals surface area contributed by atoms with Gasteiger partial charge in [-0.05, 0) is 51.7 Å². The first-order chi connectivity index (χ1) is 13.3. The van der Waals surface area contributed by atoms with E-state index in [2.05, 4.69) is 60.2 Å². The Balaban J connectivity index is 1.85. The molecular formula is C22H35N3O3. The van der Waals surface area contributed by atoms with Crippen molar-refractivity contribution in [3.63, 3.8) is 0 Å². The van der Waals surface area contributed by atoms with Crippen molar-refractivity contribution in [1.29, 1.82) is 0 Å². The van der Waals surface area contributed by atoms with Crippen molar-refractivity contribution >= 4 is 11.9 Å². The number of nitrogens with zero attached hydrogens (tertiary/aromatic N) is 2. The molecule has 1 aliphatic rings. The van der Waals surface area contributed by atoms with E-state index >= 15 is 0 Å². The van der Waals surface area contributed by atoms with Gasteiger partial charge in [-0.2, -0.15) is 0 Å². The average Bonchev–Trinajstić information content (AvgIpc) is 2.67. The molecule has 0 aromatic heterocycles. The maximum Gasteiger partial charge on any atom is 0.309 e. The molecule has 0 amide bonds. The lowest BCUT2D eigenvalue weighted by molar-refractivity contribution is -0.149. The zero-order valence-electron chi connectivity index (χ0n) is 18.0. The summed E-state index contributed by atoms with van der Waals surface area (Å²) in [4.78, 5) is 18.5. The highest BCUT2D eigenvalue weighted by atomic mass is 16.5. The Morgan fingerprint density at radius 3 is 2.54 bits per heavy atom. The highest BCUT2D eigenvalue weighted by Crippen LogP contribution is 2.19. The molecular weight excluding hydrogens is 354 g/mol. The van der Waals surface area contributed by atoms with E-state index in [0.717, 1.165) is 31.9 Å². The zero-order chi connectivity index (χ0) is 20.6. The van der Waals surface area contributed by atoms with Crippen molar-refractivity contribution in [2.45, 2.75) is 59.3 Å². The number of carbonyl (C=O) groups is 1. The Morgan fingerprint density at radius 1 is 1.25 bits per heavy atom. The third kappa shape index (κ3) is 7.15. The van der Waals surface area contributed by atoms with Gasteiger partial charge < -0.3 is 19.7 Å². The van der Waals surface area contributed by atoms with Gasteiger partial charge >= 0.3 is 5.97 Å². The smallest absolute Gasteiger partial charge is 0.309 e. The van der Waals surface area contributed by atoms with Gasteiger partial charge in [-0.3, -0.25) is 9.79 Å². The van der Waals surface area contributed by atoms with Crippen LogP contribution in [0.2, 0.25) is 0 Å². The maximum absolute atomic E-state index is 11.9. The molecule has 1 fully saturated rings. The maximum atomic E-state index is 11.9. The SMILES string of the molecule is CCOC(=O)C1CCN(C(=NC)NCc2cccc(COC(C)(C)C)c2)CC1. The summed E-state index contributed by atoms with van der Waals surface area (Å²) in [7, 11) is 1.80. The molecule has 0 aliphatic carbocycles. The molecule has 2 rings (SSSR count). The lowest BCUT2D eigenvalue weighted by Crippen LogP contribution is -2.46. The number of esters is 1. The Morgan fingerprint density at radius 2 is 1.93 bits per heavy atom. The minimum absolute atomic E-state index is 0.00815. The van der Waals surface area contributed by atoms with Gasteiger partial charge in [0.15, 0.2) is 5.96 Å². The number of aliphatic imine (C=N–C) groups is 1. The molecule has 1 saturated heterocycles. The van der Waals surface area contributed by atoms with Gasteiger partial charge in [0.05, 0.1) is 24.7 Å². The van der Waals surface area contributed by atoms with E-state index in [9.17, 15) is 4.79 Å². The Kier molecular flexibility index (Phi) is 8.30. The van der Waals surface area contributed by atoms with E-state index in [1.54, 1.807) is 7.05 Å². The number of benzene rings is 1. The first-order valence-corrected chi connectivity index (χ1v) is 10.2. The second-order valence-electron chi connectivity index (χ2n) is 8.14. The van der Waals surface area contributed by atoms with E-state index in [4.69, 9.17) is 9.47 Å². The quantitative estimate of drug-likeness (QED) is 0.459. The summed E-state index contributed by atoms with van der Waals surface area (Å²) in [5.41, 5.74) is 2.21. The Bertz CT molecular complexity index is 659. The fourth-order valence-corrected chi connectivity index (χ4v) is 3.23. The third-order valence-corrected chi connectivity index (χ3v) is 4.74. The predicted octanol–water partition coefficient (Wildman–Crippen LogP) is 3.35. The summed E-state index contributed by atoms with van der Waals surface area (Å²) in [6, 6.07) is 8.42. The van der Waals surface area contributed by atoms with Gasteiger partial charge in [0.25, 0.3) is 0 Å².